The number of hydrogen-bond acceptors (Lipinski definition) is 3. The minimum absolute atomic E-state index is 0.728. The van der Waals surface area contributed by atoms with Crippen molar-refractivity contribution < 1.29 is 0 Å². The Morgan fingerprint density at radius 2 is 2.16 bits per heavy atom. The summed E-state index contributed by atoms with van der Waals surface area (Å²) in [6.07, 6.45) is 8.20. The maximum absolute atomic E-state index is 3.54. The molecule has 1 aliphatic rings. The first-order valence-electron chi connectivity index (χ1n) is 7.68. The van der Waals surface area contributed by atoms with Crippen molar-refractivity contribution in [1.29, 1.82) is 0 Å². The summed E-state index contributed by atoms with van der Waals surface area (Å²) in [6.45, 7) is 2.43. The van der Waals surface area contributed by atoms with E-state index in [2.05, 4.69) is 41.8 Å². The van der Waals surface area contributed by atoms with Crippen LogP contribution in [0.3, 0.4) is 0 Å². The Kier molecular flexibility index (Phi) is 6.35. The lowest BCUT2D eigenvalue weighted by atomic mass is 9.94. The summed E-state index contributed by atoms with van der Waals surface area (Å²) in [5, 5.41) is 5.72. The van der Waals surface area contributed by atoms with Gasteiger partial charge in [-0.3, -0.25) is 0 Å². The Morgan fingerprint density at radius 3 is 2.89 bits per heavy atom. The molecule has 0 radical (unpaired) electrons. The molecule has 0 spiro atoms. The second-order valence-corrected chi connectivity index (χ2v) is 6.92. The molecule has 0 aromatic carbocycles. The highest BCUT2D eigenvalue weighted by molar-refractivity contribution is 7.09. The Labute approximate surface area is 122 Å². The standard InChI is InChI=1S/C16H28N2S/c1-17-16-9-5-3-4-7-14(16)13-18(2)11-10-15-8-6-12-19-15/h6,8,12,14,16-17H,3-5,7,9-11,13H2,1-2H3. The zero-order valence-electron chi connectivity index (χ0n) is 12.4. The minimum Gasteiger partial charge on any atom is -0.317 e. The molecule has 2 atom stereocenters. The number of thiophene rings is 1. The molecule has 1 saturated carbocycles. The molecule has 19 heavy (non-hydrogen) atoms. The predicted octanol–water partition coefficient (Wildman–Crippen LogP) is 3.39. The lowest BCUT2D eigenvalue weighted by molar-refractivity contribution is 0.231. The van der Waals surface area contributed by atoms with E-state index in [1.807, 2.05) is 11.3 Å². The molecule has 2 rings (SSSR count). The summed E-state index contributed by atoms with van der Waals surface area (Å²) < 4.78 is 0. The molecule has 1 fully saturated rings. The number of nitrogens with one attached hydrogen (secondary N) is 1. The quantitative estimate of drug-likeness (QED) is 0.804. The first kappa shape index (κ1) is 15.0. The average molecular weight is 280 g/mol. The molecule has 2 unspecified atom stereocenters. The molecule has 0 bridgehead atoms. The number of hydrogen-bond donors (Lipinski definition) is 1. The van der Waals surface area contributed by atoms with E-state index in [0.29, 0.717) is 0 Å². The second kappa shape index (κ2) is 8.03. The van der Waals surface area contributed by atoms with Crippen molar-refractivity contribution in [2.24, 2.45) is 5.92 Å². The zero-order valence-corrected chi connectivity index (χ0v) is 13.2. The zero-order chi connectivity index (χ0) is 13.5. The van der Waals surface area contributed by atoms with Crippen LogP contribution in [-0.4, -0.2) is 38.1 Å². The third kappa shape index (κ3) is 4.90. The molecule has 3 heteroatoms. The number of nitrogens with zero attached hydrogens (tertiary/aromatic N) is 1. The molecular formula is C16H28N2S. The van der Waals surface area contributed by atoms with Crippen LogP contribution in [0, 0.1) is 5.92 Å². The van der Waals surface area contributed by atoms with Crippen molar-refractivity contribution in [2.75, 3.05) is 27.2 Å². The van der Waals surface area contributed by atoms with E-state index in [0.717, 1.165) is 12.0 Å². The van der Waals surface area contributed by atoms with Gasteiger partial charge in [-0.15, -0.1) is 11.3 Å². The van der Waals surface area contributed by atoms with Gasteiger partial charge in [0.2, 0.25) is 0 Å². The fourth-order valence-electron chi connectivity index (χ4n) is 3.23. The fraction of sp³-hybridized carbons (Fsp3) is 0.750. The summed E-state index contributed by atoms with van der Waals surface area (Å²) in [5.41, 5.74) is 0. The van der Waals surface area contributed by atoms with Gasteiger partial charge in [0.05, 0.1) is 0 Å². The Hall–Kier alpha value is -0.380. The fourth-order valence-corrected chi connectivity index (χ4v) is 3.93. The number of likely N-dealkylation sites (N-methyl/N-ethyl adjacent to an activating group) is 1. The molecule has 1 aliphatic carbocycles. The lowest BCUT2D eigenvalue weighted by Gasteiger charge is -2.29. The van der Waals surface area contributed by atoms with Gasteiger partial charge in [-0.2, -0.15) is 0 Å². The van der Waals surface area contributed by atoms with Crippen LogP contribution in [0.5, 0.6) is 0 Å². The first-order valence-corrected chi connectivity index (χ1v) is 8.55. The van der Waals surface area contributed by atoms with Crippen molar-refractivity contribution in [3.8, 4) is 0 Å². The van der Waals surface area contributed by atoms with Gasteiger partial charge in [0, 0.05) is 24.0 Å². The van der Waals surface area contributed by atoms with Crippen molar-refractivity contribution in [2.45, 2.75) is 44.6 Å². The molecule has 0 saturated heterocycles. The molecule has 0 amide bonds. The predicted molar refractivity (Wildman–Crippen MR) is 84.9 cm³/mol. The largest absolute Gasteiger partial charge is 0.317 e. The van der Waals surface area contributed by atoms with E-state index >= 15 is 0 Å². The van der Waals surface area contributed by atoms with Crippen molar-refractivity contribution in [3.63, 3.8) is 0 Å². The molecule has 2 nitrogen and oxygen atoms in total. The molecule has 108 valence electrons. The second-order valence-electron chi connectivity index (χ2n) is 5.88. The van der Waals surface area contributed by atoms with Crippen LogP contribution in [-0.2, 0) is 6.42 Å². The summed E-state index contributed by atoms with van der Waals surface area (Å²) in [6, 6.07) is 5.13. The topological polar surface area (TPSA) is 15.3 Å². The minimum atomic E-state index is 0.728. The van der Waals surface area contributed by atoms with Crippen molar-refractivity contribution in [3.05, 3.63) is 22.4 Å². The Balaban J connectivity index is 1.77. The molecule has 1 aromatic heterocycles. The van der Waals surface area contributed by atoms with Crippen LogP contribution >= 0.6 is 11.3 Å². The summed E-state index contributed by atoms with van der Waals surface area (Å²) in [4.78, 5) is 4.04. The highest BCUT2D eigenvalue weighted by Crippen LogP contribution is 2.24. The molecular weight excluding hydrogens is 252 g/mol. The first-order chi connectivity index (χ1) is 9.29. The monoisotopic (exact) mass is 280 g/mol. The molecule has 1 N–H and O–H groups in total. The van der Waals surface area contributed by atoms with Crippen LogP contribution in [0.1, 0.15) is 37.0 Å². The van der Waals surface area contributed by atoms with Crippen LogP contribution in [0.4, 0.5) is 0 Å². The van der Waals surface area contributed by atoms with Gasteiger partial charge < -0.3 is 10.2 Å². The smallest absolute Gasteiger partial charge is 0.0104 e. The Morgan fingerprint density at radius 1 is 1.32 bits per heavy atom. The van der Waals surface area contributed by atoms with Crippen LogP contribution in [0.25, 0.3) is 0 Å². The van der Waals surface area contributed by atoms with Crippen LogP contribution in [0.15, 0.2) is 17.5 Å². The van der Waals surface area contributed by atoms with E-state index in [9.17, 15) is 0 Å². The maximum Gasteiger partial charge on any atom is 0.0104 e. The SMILES string of the molecule is CNC1CCCCCC1CN(C)CCc1cccs1. The van der Waals surface area contributed by atoms with Crippen LogP contribution < -0.4 is 5.32 Å². The van der Waals surface area contributed by atoms with Gasteiger partial charge in [-0.25, -0.2) is 0 Å². The number of rotatable bonds is 6. The van der Waals surface area contributed by atoms with Crippen molar-refractivity contribution >= 4 is 11.3 Å². The van der Waals surface area contributed by atoms with Crippen molar-refractivity contribution in [1.82, 2.24) is 10.2 Å². The van der Waals surface area contributed by atoms with Gasteiger partial charge in [0.15, 0.2) is 0 Å². The van der Waals surface area contributed by atoms with Gasteiger partial charge in [0.1, 0.15) is 0 Å². The van der Waals surface area contributed by atoms with E-state index in [1.165, 1.54) is 56.5 Å². The molecule has 0 aliphatic heterocycles. The van der Waals surface area contributed by atoms with E-state index < -0.39 is 0 Å². The maximum atomic E-state index is 3.54. The molecule has 1 aromatic rings. The summed E-state index contributed by atoms with van der Waals surface area (Å²) in [5.74, 6) is 0.834. The highest BCUT2D eigenvalue weighted by atomic mass is 32.1. The van der Waals surface area contributed by atoms with Crippen LogP contribution in [0.2, 0.25) is 0 Å². The third-order valence-corrected chi connectivity index (χ3v) is 5.33. The average Bonchev–Trinajstić information content (AvgIpc) is 2.83. The van der Waals surface area contributed by atoms with Gasteiger partial charge in [-0.05, 0) is 50.7 Å². The lowest BCUT2D eigenvalue weighted by Crippen LogP contribution is -2.39. The molecule has 1 heterocycles. The van der Waals surface area contributed by atoms with Gasteiger partial charge in [-0.1, -0.05) is 25.3 Å². The Bertz CT molecular complexity index is 337. The van der Waals surface area contributed by atoms with Gasteiger partial charge >= 0.3 is 0 Å². The van der Waals surface area contributed by atoms with Gasteiger partial charge in [0.25, 0.3) is 0 Å². The van der Waals surface area contributed by atoms with E-state index in [1.54, 1.807) is 0 Å². The third-order valence-electron chi connectivity index (χ3n) is 4.40. The normalized spacial score (nSPS) is 24.6. The van der Waals surface area contributed by atoms with E-state index in [-0.39, 0.29) is 0 Å². The summed E-state index contributed by atoms with van der Waals surface area (Å²) in [7, 11) is 4.42. The summed E-state index contributed by atoms with van der Waals surface area (Å²) >= 11 is 1.88. The van der Waals surface area contributed by atoms with E-state index in [4.69, 9.17) is 0 Å². The highest BCUT2D eigenvalue weighted by Gasteiger charge is 2.23.